The molecule has 1 saturated heterocycles. The number of fused-ring (bicyclic) bond motifs is 1. The second kappa shape index (κ2) is 11.2. The van der Waals surface area contributed by atoms with Crippen LogP contribution in [0, 0.1) is 5.92 Å². The number of carbonyl (C=O) groups is 1. The van der Waals surface area contributed by atoms with Gasteiger partial charge >= 0.3 is 6.09 Å². The van der Waals surface area contributed by atoms with Crippen molar-refractivity contribution in [3.8, 4) is 5.75 Å². The van der Waals surface area contributed by atoms with Crippen LogP contribution in [0.4, 0.5) is 4.79 Å². The third-order valence-electron chi connectivity index (χ3n) is 7.44. The average molecular weight is 512 g/mol. The van der Waals surface area contributed by atoms with Crippen molar-refractivity contribution >= 4 is 16.9 Å². The maximum absolute atomic E-state index is 12.8. The Balaban J connectivity index is 1.52. The summed E-state index contributed by atoms with van der Waals surface area (Å²) in [4.78, 5) is 12.8. The van der Waals surface area contributed by atoms with Crippen LogP contribution in [0.2, 0.25) is 0 Å². The summed E-state index contributed by atoms with van der Waals surface area (Å²) in [6.45, 7) is 12.1. The molecule has 1 aliphatic carbocycles. The van der Waals surface area contributed by atoms with Crippen LogP contribution >= 0.6 is 0 Å². The van der Waals surface area contributed by atoms with Gasteiger partial charge in [0.1, 0.15) is 16.9 Å². The summed E-state index contributed by atoms with van der Waals surface area (Å²) in [6.07, 6.45) is 8.59. The lowest BCUT2D eigenvalue weighted by molar-refractivity contribution is -0.272. The van der Waals surface area contributed by atoms with E-state index in [0.717, 1.165) is 40.8 Å². The summed E-state index contributed by atoms with van der Waals surface area (Å²) in [6, 6.07) is 12.5. The summed E-state index contributed by atoms with van der Waals surface area (Å²) in [7, 11) is 0. The number of unbranched alkanes of at least 4 members (excludes halogenated alkanes) is 1. The number of benzene rings is 2. The van der Waals surface area contributed by atoms with Crippen molar-refractivity contribution in [2.24, 2.45) is 5.92 Å². The molecule has 1 amide bonds. The van der Waals surface area contributed by atoms with Gasteiger partial charge in [-0.15, -0.1) is 0 Å². The summed E-state index contributed by atoms with van der Waals surface area (Å²) in [5, 5.41) is 5.23. The van der Waals surface area contributed by atoms with E-state index in [2.05, 4.69) is 42.6 Å². The Morgan fingerprint density at radius 2 is 1.76 bits per heavy atom. The molecule has 1 saturated carbocycles. The zero-order chi connectivity index (χ0) is 26.7. The summed E-state index contributed by atoms with van der Waals surface area (Å²) < 4.78 is 24.0. The highest BCUT2D eigenvalue weighted by atomic mass is 16.7. The van der Waals surface area contributed by atoms with Gasteiger partial charge < -0.3 is 24.3 Å². The summed E-state index contributed by atoms with van der Waals surface area (Å²) in [5.74, 6) is 1.01. The third kappa shape index (κ3) is 7.38. The van der Waals surface area contributed by atoms with E-state index >= 15 is 0 Å². The van der Waals surface area contributed by atoms with E-state index in [1.54, 1.807) is 0 Å². The smallest absolute Gasteiger partial charge is 0.408 e. The summed E-state index contributed by atoms with van der Waals surface area (Å²) in [5.41, 5.74) is -0.535. The van der Waals surface area contributed by atoms with Crippen molar-refractivity contribution in [3.63, 3.8) is 0 Å². The number of hydrogen-bond donors (Lipinski definition) is 1. The highest BCUT2D eigenvalue weighted by Crippen LogP contribution is 2.35. The first-order chi connectivity index (χ1) is 17.5. The molecule has 0 bridgehead atoms. The molecule has 0 radical (unpaired) electrons. The highest BCUT2D eigenvalue weighted by molar-refractivity contribution is 5.85. The van der Waals surface area contributed by atoms with E-state index in [4.69, 9.17) is 18.9 Å². The van der Waals surface area contributed by atoms with Gasteiger partial charge in [0, 0.05) is 0 Å². The Morgan fingerprint density at radius 3 is 2.46 bits per heavy atom. The highest BCUT2D eigenvalue weighted by Gasteiger charge is 2.43. The molecule has 2 aromatic rings. The molecule has 0 spiro atoms. The Bertz CT molecular complexity index is 1060. The fourth-order valence-electron chi connectivity index (χ4n) is 5.38. The van der Waals surface area contributed by atoms with Crippen molar-refractivity contribution in [3.05, 3.63) is 42.0 Å². The van der Waals surface area contributed by atoms with E-state index in [9.17, 15) is 4.79 Å². The number of hydrogen-bond acceptors (Lipinski definition) is 5. The van der Waals surface area contributed by atoms with Crippen molar-refractivity contribution in [2.75, 3.05) is 13.2 Å². The first-order valence-electron chi connectivity index (χ1n) is 14.0. The lowest BCUT2D eigenvalue weighted by atomic mass is 9.84. The first-order valence-corrected chi connectivity index (χ1v) is 14.0. The molecule has 6 heteroatoms. The SMILES string of the molecule is CCCCC1CCCC(Oc2ccc3cc(C4(NC(=O)OC(C)(C)C)COC(C)(C)OC4)ccc3c2)C1. The molecular weight excluding hydrogens is 466 g/mol. The van der Waals surface area contributed by atoms with E-state index in [-0.39, 0.29) is 13.2 Å². The van der Waals surface area contributed by atoms with Crippen LogP contribution in [0.1, 0.15) is 92.1 Å². The number of amides is 1. The molecule has 0 aromatic heterocycles. The van der Waals surface area contributed by atoms with Gasteiger partial charge in [-0.05, 0) is 94.3 Å². The van der Waals surface area contributed by atoms with E-state index in [0.29, 0.717) is 6.10 Å². The summed E-state index contributed by atoms with van der Waals surface area (Å²) >= 11 is 0. The van der Waals surface area contributed by atoms with Gasteiger partial charge in [0.2, 0.25) is 0 Å². The Labute approximate surface area is 222 Å². The fourth-order valence-corrected chi connectivity index (χ4v) is 5.38. The lowest BCUT2D eigenvalue weighted by Gasteiger charge is -2.44. The standard InChI is InChI=1S/C31H45NO5/c1-7-8-10-22-11-9-12-26(17-22)36-27-16-14-23-18-25(15-13-24(23)19-27)31(20-34-30(5,6)35-21-31)32-28(33)37-29(2,3)4/h13-16,18-19,22,26H,7-12,17,20-21H2,1-6H3,(H,32,33). The van der Waals surface area contributed by atoms with Crippen LogP contribution in [0.15, 0.2) is 36.4 Å². The molecule has 37 heavy (non-hydrogen) atoms. The minimum Gasteiger partial charge on any atom is -0.490 e. The monoisotopic (exact) mass is 511 g/mol. The maximum atomic E-state index is 12.8. The van der Waals surface area contributed by atoms with Crippen LogP contribution in [0.25, 0.3) is 10.8 Å². The van der Waals surface area contributed by atoms with Crippen LogP contribution < -0.4 is 10.1 Å². The zero-order valence-electron chi connectivity index (χ0n) is 23.5. The predicted octanol–water partition coefficient (Wildman–Crippen LogP) is 7.47. The quantitative estimate of drug-likeness (QED) is 0.418. The van der Waals surface area contributed by atoms with Crippen LogP contribution in [-0.4, -0.2) is 36.8 Å². The topological polar surface area (TPSA) is 66.0 Å². The number of alkyl carbamates (subject to hydrolysis) is 1. The molecule has 2 atom stereocenters. The van der Waals surface area contributed by atoms with Crippen LogP contribution in [-0.2, 0) is 19.7 Å². The molecule has 1 heterocycles. The van der Waals surface area contributed by atoms with Gasteiger partial charge in [-0.1, -0.05) is 50.8 Å². The van der Waals surface area contributed by atoms with Crippen molar-refractivity contribution < 1.29 is 23.7 Å². The normalized spacial score (nSPS) is 23.4. The molecule has 2 fully saturated rings. The zero-order valence-corrected chi connectivity index (χ0v) is 23.5. The Hall–Kier alpha value is -2.31. The molecule has 4 rings (SSSR count). The van der Waals surface area contributed by atoms with Gasteiger partial charge in [-0.3, -0.25) is 0 Å². The van der Waals surface area contributed by atoms with Crippen LogP contribution in [0.3, 0.4) is 0 Å². The maximum Gasteiger partial charge on any atom is 0.408 e. The molecular formula is C31H45NO5. The minimum atomic E-state index is -0.850. The van der Waals surface area contributed by atoms with Gasteiger partial charge in [0.05, 0.1) is 19.3 Å². The molecule has 1 aliphatic heterocycles. The number of rotatable bonds is 7. The molecule has 1 N–H and O–H groups in total. The second-order valence-corrected chi connectivity index (χ2v) is 12.3. The van der Waals surface area contributed by atoms with Crippen molar-refractivity contribution in [1.82, 2.24) is 5.32 Å². The molecule has 2 unspecified atom stereocenters. The number of ether oxygens (including phenoxy) is 4. The van der Waals surface area contributed by atoms with Gasteiger partial charge in [0.15, 0.2) is 5.79 Å². The average Bonchev–Trinajstić information content (AvgIpc) is 2.83. The van der Waals surface area contributed by atoms with Crippen molar-refractivity contribution in [1.29, 1.82) is 0 Å². The van der Waals surface area contributed by atoms with Gasteiger partial charge in [-0.2, -0.15) is 0 Å². The third-order valence-corrected chi connectivity index (χ3v) is 7.44. The first kappa shape index (κ1) is 27.7. The largest absolute Gasteiger partial charge is 0.490 e. The Kier molecular flexibility index (Phi) is 8.39. The van der Waals surface area contributed by atoms with E-state index in [1.165, 1.54) is 32.1 Å². The molecule has 204 valence electrons. The number of nitrogens with one attached hydrogen (secondary N) is 1. The predicted molar refractivity (Wildman–Crippen MR) is 147 cm³/mol. The second-order valence-electron chi connectivity index (χ2n) is 12.3. The Morgan fingerprint density at radius 1 is 1.05 bits per heavy atom. The fraction of sp³-hybridized carbons (Fsp3) is 0.645. The minimum absolute atomic E-state index is 0.285. The number of carbonyl (C=O) groups excluding carboxylic acids is 1. The lowest BCUT2D eigenvalue weighted by Crippen LogP contribution is -2.59. The molecule has 2 aromatic carbocycles. The van der Waals surface area contributed by atoms with Crippen molar-refractivity contribution in [2.45, 2.75) is 110 Å². The van der Waals surface area contributed by atoms with Gasteiger partial charge in [-0.25, -0.2) is 4.79 Å². The van der Waals surface area contributed by atoms with E-state index < -0.39 is 23.0 Å². The van der Waals surface area contributed by atoms with Crippen LogP contribution in [0.5, 0.6) is 5.75 Å². The van der Waals surface area contributed by atoms with E-state index in [1.807, 2.05) is 40.7 Å². The molecule has 6 nitrogen and oxygen atoms in total. The van der Waals surface area contributed by atoms with Gasteiger partial charge in [0.25, 0.3) is 0 Å². The molecule has 2 aliphatic rings.